The number of ether oxygens (including phenoxy) is 1. The highest BCUT2D eigenvalue weighted by atomic mass is 19.4. The Morgan fingerprint density at radius 2 is 1.57 bits per heavy atom. The minimum absolute atomic E-state index is 0.0348. The molecule has 0 N–H and O–H groups in total. The quantitative estimate of drug-likeness (QED) is 0.377. The molecule has 2 heterocycles. The Labute approximate surface area is 212 Å². The van der Waals surface area contributed by atoms with Crippen LogP contribution in [0.3, 0.4) is 0 Å². The van der Waals surface area contributed by atoms with Crippen molar-refractivity contribution in [1.29, 1.82) is 5.26 Å². The molecule has 200 valence electrons. The first-order valence-electron chi connectivity index (χ1n) is 13.0. The van der Waals surface area contributed by atoms with Crippen LogP contribution in [0.2, 0.25) is 0 Å². The first-order chi connectivity index (χ1) is 17.5. The Morgan fingerprint density at radius 3 is 2.16 bits per heavy atom. The molecule has 2 aromatic rings. The maximum Gasteiger partial charge on any atom is 0.420 e. The van der Waals surface area contributed by atoms with Gasteiger partial charge in [0, 0.05) is 24.5 Å². The van der Waals surface area contributed by atoms with Gasteiger partial charge in [0.05, 0.1) is 18.1 Å². The third-order valence-corrected chi connectivity index (χ3v) is 8.49. The number of hydrogen-bond donors (Lipinski definition) is 0. The van der Waals surface area contributed by atoms with Gasteiger partial charge in [-0.15, -0.1) is 0 Å². The van der Waals surface area contributed by atoms with Crippen molar-refractivity contribution < 1.29 is 31.1 Å². The van der Waals surface area contributed by atoms with Crippen LogP contribution < -0.4 is 4.74 Å². The zero-order valence-corrected chi connectivity index (χ0v) is 20.4. The van der Waals surface area contributed by atoms with Crippen LogP contribution in [-0.4, -0.2) is 35.8 Å². The summed E-state index contributed by atoms with van der Waals surface area (Å²) < 4.78 is 86.9. The molecule has 37 heavy (non-hydrogen) atoms. The van der Waals surface area contributed by atoms with Crippen LogP contribution >= 0.6 is 0 Å². The van der Waals surface area contributed by atoms with E-state index in [2.05, 4.69) is 11.0 Å². The molecule has 0 amide bonds. The number of rotatable bonds is 5. The van der Waals surface area contributed by atoms with Crippen LogP contribution in [0.4, 0.5) is 26.3 Å². The van der Waals surface area contributed by atoms with Gasteiger partial charge in [-0.05, 0) is 80.2 Å². The third-order valence-electron chi connectivity index (χ3n) is 8.49. The lowest BCUT2D eigenvalue weighted by molar-refractivity contribution is -0.185. The Balaban J connectivity index is 1.31. The van der Waals surface area contributed by atoms with Crippen LogP contribution in [-0.2, 0) is 12.6 Å². The maximum absolute atomic E-state index is 14.1. The van der Waals surface area contributed by atoms with E-state index in [0.29, 0.717) is 23.9 Å². The first-order valence-corrected chi connectivity index (χ1v) is 13.0. The number of alkyl halides is 6. The summed E-state index contributed by atoms with van der Waals surface area (Å²) in [6, 6.07) is 11.1. The number of nitrogens with zero attached hydrogens (tertiary/aromatic N) is 2. The first kappa shape index (κ1) is 26.1. The zero-order valence-electron chi connectivity index (χ0n) is 20.4. The van der Waals surface area contributed by atoms with E-state index in [1.807, 2.05) is 0 Å². The molecule has 3 nitrogen and oxygen atoms in total. The minimum Gasteiger partial charge on any atom is -0.490 e. The van der Waals surface area contributed by atoms with E-state index >= 15 is 0 Å². The summed E-state index contributed by atoms with van der Waals surface area (Å²) in [4.78, 5) is 2.46. The van der Waals surface area contributed by atoms with Gasteiger partial charge in [-0.1, -0.05) is 24.3 Å². The van der Waals surface area contributed by atoms with E-state index in [0.717, 1.165) is 37.8 Å². The summed E-state index contributed by atoms with van der Waals surface area (Å²) >= 11 is 0. The van der Waals surface area contributed by atoms with Crippen molar-refractivity contribution in [2.75, 3.05) is 6.54 Å². The minimum atomic E-state index is -4.66. The lowest BCUT2D eigenvalue weighted by atomic mass is 9.87. The molecule has 3 aliphatic rings. The van der Waals surface area contributed by atoms with Gasteiger partial charge in [0.15, 0.2) is 0 Å². The third kappa shape index (κ3) is 5.55. The number of benzene rings is 2. The second-order valence-electron chi connectivity index (χ2n) is 10.8. The van der Waals surface area contributed by atoms with Crippen LogP contribution in [0.5, 0.6) is 5.75 Å². The van der Waals surface area contributed by atoms with Gasteiger partial charge in [-0.25, -0.2) is 0 Å². The normalized spacial score (nSPS) is 28.8. The molecule has 3 fully saturated rings. The van der Waals surface area contributed by atoms with Crippen LogP contribution in [0, 0.1) is 23.2 Å². The van der Waals surface area contributed by atoms with Crippen molar-refractivity contribution in [3.05, 3.63) is 41.5 Å². The highest BCUT2D eigenvalue weighted by molar-refractivity contribution is 5.89. The van der Waals surface area contributed by atoms with Crippen molar-refractivity contribution in [1.82, 2.24) is 4.90 Å². The topological polar surface area (TPSA) is 36.3 Å². The van der Waals surface area contributed by atoms with Crippen molar-refractivity contribution in [2.45, 2.75) is 88.3 Å². The number of nitriles is 1. The summed E-state index contributed by atoms with van der Waals surface area (Å²) in [6.07, 6.45) is -5.06. The molecule has 2 unspecified atom stereocenters. The van der Waals surface area contributed by atoms with Gasteiger partial charge >= 0.3 is 12.4 Å². The molecule has 2 aromatic carbocycles. The Hall–Kier alpha value is -2.47. The molecule has 1 saturated carbocycles. The van der Waals surface area contributed by atoms with Crippen molar-refractivity contribution in [2.24, 2.45) is 11.8 Å². The van der Waals surface area contributed by atoms with E-state index < -0.39 is 29.9 Å². The maximum atomic E-state index is 14.1. The van der Waals surface area contributed by atoms with E-state index in [-0.39, 0.29) is 42.7 Å². The fraction of sp³-hybridized carbons (Fsp3) is 0.607. The van der Waals surface area contributed by atoms with Gasteiger partial charge in [-0.2, -0.15) is 31.6 Å². The zero-order chi connectivity index (χ0) is 26.4. The molecular formula is C28H30F6N2O. The standard InChI is InChI=1S/C28H30F6N2O/c29-27(30,31)20-3-7-23(8-4-20)37-25-10-2-19-13-17(1-9-24(19)26(25)28(32,33)34)11-12-36-21-5-6-22(36)15-18(14-21)16-35/h1-2,9-10,13,18,20-23H,3-8,11-12,14-15H2/t18?,20-,21?,22?,23+. The van der Waals surface area contributed by atoms with E-state index in [1.165, 1.54) is 12.1 Å². The molecule has 1 aliphatic carbocycles. The van der Waals surface area contributed by atoms with Crippen molar-refractivity contribution >= 4 is 10.8 Å². The average molecular weight is 525 g/mol. The smallest absolute Gasteiger partial charge is 0.420 e. The van der Waals surface area contributed by atoms with Gasteiger partial charge in [0.1, 0.15) is 11.3 Å². The van der Waals surface area contributed by atoms with Gasteiger partial charge < -0.3 is 4.74 Å². The molecule has 5 rings (SSSR count). The van der Waals surface area contributed by atoms with Crippen LogP contribution in [0.25, 0.3) is 10.8 Å². The number of halogens is 6. The number of piperidine rings is 1. The molecule has 2 aliphatic heterocycles. The lowest BCUT2D eigenvalue weighted by Gasteiger charge is -2.36. The summed E-state index contributed by atoms with van der Waals surface area (Å²) in [5.74, 6) is -1.62. The molecule has 9 heteroatoms. The molecule has 0 aromatic heterocycles. The highest BCUT2D eigenvalue weighted by Crippen LogP contribution is 2.44. The second-order valence-corrected chi connectivity index (χ2v) is 10.8. The van der Waals surface area contributed by atoms with E-state index in [9.17, 15) is 31.6 Å². The molecule has 2 atom stereocenters. The lowest BCUT2D eigenvalue weighted by Crippen LogP contribution is -2.43. The molecule has 2 saturated heterocycles. The van der Waals surface area contributed by atoms with Crippen LogP contribution in [0.15, 0.2) is 30.3 Å². The number of hydrogen-bond acceptors (Lipinski definition) is 3. The van der Waals surface area contributed by atoms with Crippen molar-refractivity contribution in [3.63, 3.8) is 0 Å². The predicted octanol–water partition coefficient (Wildman–Crippen LogP) is 7.67. The largest absolute Gasteiger partial charge is 0.490 e. The summed E-state index contributed by atoms with van der Waals surface area (Å²) in [7, 11) is 0. The predicted molar refractivity (Wildman–Crippen MR) is 127 cm³/mol. The van der Waals surface area contributed by atoms with Gasteiger partial charge in [0.2, 0.25) is 0 Å². The Kier molecular flexibility index (Phi) is 7.08. The summed E-state index contributed by atoms with van der Waals surface area (Å²) in [6.45, 7) is 0.812. The Bertz CT molecular complexity index is 1150. The summed E-state index contributed by atoms with van der Waals surface area (Å²) in [5, 5.41) is 9.78. The number of fused-ring (bicyclic) bond motifs is 3. The average Bonchev–Trinajstić information content (AvgIpc) is 3.08. The fourth-order valence-corrected chi connectivity index (χ4v) is 6.60. The molecular weight excluding hydrogens is 494 g/mol. The van der Waals surface area contributed by atoms with Crippen LogP contribution in [0.1, 0.15) is 62.5 Å². The van der Waals surface area contributed by atoms with Gasteiger partial charge in [0.25, 0.3) is 0 Å². The second kappa shape index (κ2) is 10.0. The van der Waals surface area contributed by atoms with Gasteiger partial charge in [-0.3, -0.25) is 4.90 Å². The summed E-state index contributed by atoms with van der Waals surface area (Å²) in [5.41, 5.74) is 0.0766. The van der Waals surface area contributed by atoms with Crippen molar-refractivity contribution in [3.8, 4) is 11.8 Å². The van der Waals surface area contributed by atoms with E-state index in [1.54, 1.807) is 18.2 Å². The molecule has 0 radical (unpaired) electrons. The Morgan fingerprint density at radius 1 is 0.892 bits per heavy atom. The fourth-order valence-electron chi connectivity index (χ4n) is 6.60. The monoisotopic (exact) mass is 524 g/mol. The highest BCUT2D eigenvalue weighted by Gasteiger charge is 2.43. The SMILES string of the molecule is N#CC1CC2CCC(C1)N2CCc1ccc2c(C(F)(F)F)c(O[C@H]3CC[C@@H](C(F)(F)F)CC3)ccc2c1. The molecule has 0 spiro atoms. The molecule has 2 bridgehead atoms. The van der Waals surface area contributed by atoms with E-state index in [4.69, 9.17) is 4.74 Å².